The Morgan fingerprint density at radius 3 is 2.59 bits per heavy atom. The molecule has 3 heterocycles. The van der Waals surface area contributed by atoms with Crippen LogP contribution in [0.3, 0.4) is 0 Å². The molecule has 1 aliphatic heterocycles. The van der Waals surface area contributed by atoms with Crippen LogP contribution in [0.2, 0.25) is 0 Å². The van der Waals surface area contributed by atoms with E-state index in [9.17, 15) is 4.79 Å². The summed E-state index contributed by atoms with van der Waals surface area (Å²) in [5.74, 6) is -0.0533. The Balaban J connectivity index is 1.28. The van der Waals surface area contributed by atoms with E-state index in [4.69, 9.17) is 4.98 Å². The molecule has 1 aliphatic carbocycles. The Kier molecular flexibility index (Phi) is 5.75. The first-order chi connectivity index (χ1) is 17.8. The number of amides is 1. The second-order valence-corrected chi connectivity index (χ2v) is 10.8. The number of aryl methyl sites for hydroxylation is 2. The van der Waals surface area contributed by atoms with Gasteiger partial charge in [-0.25, -0.2) is 4.98 Å². The topological polar surface area (TPSA) is 66.3 Å². The zero-order valence-corrected chi connectivity index (χ0v) is 22.0. The lowest BCUT2D eigenvalue weighted by atomic mass is 10.00. The van der Waals surface area contributed by atoms with Crippen LogP contribution in [0, 0.1) is 6.92 Å². The molecule has 37 heavy (non-hydrogen) atoms. The Morgan fingerprint density at radius 1 is 1.03 bits per heavy atom. The molecule has 0 bridgehead atoms. The second kappa shape index (κ2) is 8.99. The van der Waals surface area contributed by atoms with Crippen LogP contribution >= 0.6 is 0 Å². The summed E-state index contributed by atoms with van der Waals surface area (Å²) in [6.07, 6.45) is 4.44. The van der Waals surface area contributed by atoms with Crippen molar-refractivity contribution in [3.63, 3.8) is 0 Å². The minimum Gasteiger partial charge on any atom is -0.368 e. The largest absolute Gasteiger partial charge is 0.368 e. The predicted molar refractivity (Wildman–Crippen MR) is 148 cm³/mol. The number of para-hydroxylation sites is 1. The van der Waals surface area contributed by atoms with Crippen molar-refractivity contribution in [2.24, 2.45) is 7.05 Å². The van der Waals surface area contributed by atoms with Crippen LogP contribution in [-0.2, 0) is 7.05 Å². The maximum Gasteiger partial charge on any atom is 0.252 e. The molecule has 190 valence electrons. The van der Waals surface area contributed by atoms with E-state index in [0.29, 0.717) is 5.54 Å². The highest BCUT2D eigenvalue weighted by Crippen LogP contribution is 2.44. The molecule has 1 saturated carbocycles. The van der Waals surface area contributed by atoms with E-state index in [2.05, 4.69) is 57.6 Å². The van der Waals surface area contributed by atoms with E-state index in [0.717, 1.165) is 64.3 Å². The summed E-state index contributed by atoms with van der Waals surface area (Å²) in [6, 6.07) is 18.2. The molecule has 0 unspecified atom stereocenters. The number of benzene rings is 2. The van der Waals surface area contributed by atoms with Gasteiger partial charge in [0.25, 0.3) is 5.91 Å². The summed E-state index contributed by atoms with van der Waals surface area (Å²) < 4.78 is 1.78. The highest BCUT2D eigenvalue weighted by atomic mass is 16.1. The van der Waals surface area contributed by atoms with Gasteiger partial charge in [-0.2, -0.15) is 5.10 Å². The predicted octanol–water partition coefficient (Wildman–Crippen LogP) is 4.72. The number of likely N-dealkylation sites (N-methyl/N-ethyl adjacent to an activating group) is 1. The van der Waals surface area contributed by atoms with Crippen LogP contribution in [0.15, 0.2) is 60.8 Å². The highest BCUT2D eigenvalue weighted by Gasteiger charge is 2.49. The molecule has 1 saturated heterocycles. The van der Waals surface area contributed by atoms with Crippen molar-refractivity contribution in [1.29, 1.82) is 0 Å². The van der Waals surface area contributed by atoms with Crippen LogP contribution in [0.4, 0.5) is 5.69 Å². The van der Waals surface area contributed by atoms with Gasteiger partial charge >= 0.3 is 0 Å². The number of aromatic nitrogens is 3. The number of nitrogens with zero attached hydrogens (tertiary/aromatic N) is 5. The van der Waals surface area contributed by atoms with Crippen LogP contribution in [0.1, 0.15) is 47.3 Å². The van der Waals surface area contributed by atoms with Crippen molar-refractivity contribution in [2.75, 3.05) is 31.6 Å². The van der Waals surface area contributed by atoms with Crippen molar-refractivity contribution < 1.29 is 4.79 Å². The van der Waals surface area contributed by atoms with Gasteiger partial charge in [-0.15, -0.1) is 0 Å². The Bertz CT molecular complexity index is 1490. The molecule has 0 radical (unpaired) electrons. The Hall–Kier alpha value is -3.71. The minimum absolute atomic E-state index is 0.0533. The molecule has 7 heteroatoms. The smallest absolute Gasteiger partial charge is 0.252 e. The Labute approximate surface area is 218 Å². The average Bonchev–Trinajstić information content (AvgIpc) is 3.54. The fourth-order valence-corrected chi connectivity index (χ4v) is 5.61. The minimum atomic E-state index is -0.204. The van der Waals surface area contributed by atoms with Gasteiger partial charge in [0.1, 0.15) is 5.69 Å². The third-order valence-electron chi connectivity index (χ3n) is 8.20. The summed E-state index contributed by atoms with van der Waals surface area (Å²) in [5, 5.41) is 8.85. The van der Waals surface area contributed by atoms with Gasteiger partial charge in [0.05, 0.1) is 17.3 Å². The van der Waals surface area contributed by atoms with Gasteiger partial charge in [0.15, 0.2) is 0 Å². The summed E-state index contributed by atoms with van der Waals surface area (Å²) in [5.41, 5.74) is 6.72. The lowest BCUT2D eigenvalue weighted by Gasteiger charge is -2.41. The third kappa shape index (κ3) is 4.37. The second-order valence-electron chi connectivity index (χ2n) is 10.8. The fraction of sp³-hybridized carbons (Fsp3) is 0.367. The number of fused-ring (bicyclic) bond motifs is 1. The zero-order chi connectivity index (χ0) is 25.7. The van der Waals surface area contributed by atoms with Crippen molar-refractivity contribution in [2.45, 2.75) is 38.3 Å². The van der Waals surface area contributed by atoms with E-state index in [1.165, 1.54) is 12.8 Å². The summed E-state index contributed by atoms with van der Waals surface area (Å²) >= 11 is 0. The highest BCUT2D eigenvalue weighted by molar-refractivity contribution is 5.97. The molecule has 4 aromatic rings. The number of rotatable bonds is 5. The van der Waals surface area contributed by atoms with Gasteiger partial charge in [-0.1, -0.05) is 24.3 Å². The van der Waals surface area contributed by atoms with E-state index >= 15 is 0 Å². The average molecular weight is 495 g/mol. The molecule has 1 spiro atoms. The molecule has 1 atom stereocenters. The van der Waals surface area contributed by atoms with Gasteiger partial charge in [-0.05, 0) is 75.2 Å². The number of hydrogen-bond acceptors (Lipinski definition) is 5. The lowest BCUT2D eigenvalue weighted by Crippen LogP contribution is -2.53. The quantitative estimate of drug-likeness (QED) is 0.435. The van der Waals surface area contributed by atoms with Crippen LogP contribution in [0.25, 0.3) is 22.3 Å². The third-order valence-corrected chi connectivity index (χ3v) is 8.20. The molecule has 2 aromatic carbocycles. The molecule has 6 rings (SSSR count). The van der Waals surface area contributed by atoms with Gasteiger partial charge < -0.3 is 10.2 Å². The number of carbonyl (C=O) groups excluding carboxylic acids is 1. The molecule has 2 aromatic heterocycles. The molecule has 1 amide bonds. The molecule has 2 fully saturated rings. The molecular weight excluding hydrogens is 460 g/mol. The molecule has 7 nitrogen and oxygen atoms in total. The van der Waals surface area contributed by atoms with Gasteiger partial charge in [-0.3, -0.25) is 14.4 Å². The number of hydrogen-bond donors (Lipinski definition) is 1. The van der Waals surface area contributed by atoms with Crippen molar-refractivity contribution in [3.8, 4) is 11.4 Å². The fourth-order valence-electron chi connectivity index (χ4n) is 5.61. The maximum absolute atomic E-state index is 13.6. The van der Waals surface area contributed by atoms with E-state index in [1.54, 1.807) is 4.68 Å². The summed E-state index contributed by atoms with van der Waals surface area (Å²) in [7, 11) is 4.14. The molecule has 1 N–H and O–H groups in total. The number of nitrogens with one attached hydrogen (secondary N) is 1. The maximum atomic E-state index is 13.6. The van der Waals surface area contributed by atoms with Crippen LogP contribution < -0.4 is 10.2 Å². The lowest BCUT2D eigenvalue weighted by molar-refractivity contribution is 0.0939. The summed E-state index contributed by atoms with van der Waals surface area (Å²) in [4.78, 5) is 23.4. The zero-order valence-electron chi connectivity index (χ0n) is 22.0. The van der Waals surface area contributed by atoms with Crippen molar-refractivity contribution in [3.05, 3.63) is 77.5 Å². The number of anilines is 1. The van der Waals surface area contributed by atoms with Crippen molar-refractivity contribution >= 4 is 22.5 Å². The van der Waals surface area contributed by atoms with E-state index in [1.807, 2.05) is 51.4 Å². The van der Waals surface area contributed by atoms with E-state index < -0.39 is 0 Å². The SMILES string of the molecule is Cc1ccc(N2CCN(C)C3(CC3)C2)cc1C(=O)N[C@H](C)c1cc(-c2ccn(C)n2)nc2ccccc12. The number of piperazine rings is 1. The van der Waals surface area contributed by atoms with Crippen LogP contribution in [0.5, 0.6) is 0 Å². The Morgan fingerprint density at radius 2 is 1.84 bits per heavy atom. The number of pyridine rings is 1. The van der Waals surface area contributed by atoms with E-state index in [-0.39, 0.29) is 11.9 Å². The monoisotopic (exact) mass is 494 g/mol. The standard InChI is InChI=1S/C30H34N6O/c1-20-9-10-22(36-16-15-34(3)30(19-36)12-13-30)17-24(20)29(37)31-21(2)25-18-28(27-11-14-35(4)33-27)32-26-8-6-5-7-23(25)26/h5-11,14,17-18,21H,12-13,15-16,19H2,1-4H3,(H,31,37)/t21-/m1/s1. The molecular formula is C30H34N6O. The number of carbonyl (C=O) groups is 1. The first-order valence-corrected chi connectivity index (χ1v) is 13.1. The van der Waals surface area contributed by atoms with Gasteiger partial charge in [0, 0.05) is 55.1 Å². The normalized spacial score (nSPS) is 17.8. The first kappa shape index (κ1) is 23.7. The summed E-state index contributed by atoms with van der Waals surface area (Å²) in [6.45, 7) is 7.12. The van der Waals surface area contributed by atoms with Crippen molar-refractivity contribution in [1.82, 2.24) is 25.0 Å². The first-order valence-electron chi connectivity index (χ1n) is 13.1. The van der Waals surface area contributed by atoms with Gasteiger partial charge in [0.2, 0.25) is 0 Å². The van der Waals surface area contributed by atoms with Crippen LogP contribution in [-0.4, -0.2) is 57.8 Å². The molecule has 2 aliphatic rings.